The molecular formula is C19H24FN5O. The summed E-state index contributed by atoms with van der Waals surface area (Å²) in [5.74, 6) is -0.175. The molecule has 1 saturated heterocycles. The molecule has 26 heavy (non-hydrogen) atoms. The summed E-state index contributed by atoms with van der Waals surface area (Å²) in [4.78, 5) is 16.6. The number of aromatic nitrogens is 2. The Morgan fingerprint density at radius 2 is 2.00 bits per heavy atom. The van der Waals surface area contributed by atoms with Crippen LogP contribution in [0, 0.1) is 12.7 Å². The minimum absolute atomic E-state index is 0.0632. The molecule has 2 aliphatic heterocycles. The molecule has 0 saturated carbocycles. The molecule has 2 aromatic rings. The predicted molar refractivity (Wildman–Crippen MR) is 98.9 cm³/mol. The molecule has 1 unspecified atom stereocenters. The van der Waals surface area contributed by atoms with Crippen LogP contribution in [0.15, 0.2) is 24.4 Å². The van der Waals surface area contributed by atoms with Gasteiger partial charge in [-0.05, 0) is 38.3 Å². The van der Waals surface area contributed by atoms with E-state index in [1.165, 1.54) is 6.07 Å². The van der Waals surface area contributed by atoms with Crippen molar-refractivity contribution in [2.24, 2.45) is 7.05 Å². The minimum atomic E-state index is -0.175. The Morgan fingerprint density at radius 1 is 1.27 bits per heavy atom. The highest BCUT2D eigenvalue weighted by atomic mass is 19.1. The third-order valence-electron chi connectivity index (χ3n) is 5.51. The number of carbonyl (C=O) groups is 1. The summed E-state index contributed by atoms with van der Waals surface area (Å²) in [6.45, 7) is 5.43. The maximum absolute atomic E-state index is 14.3. The van der Waals surface area contributed by atoms with Gasteiger partial charge in [-0.2, -0.15) is 5.10 Å². The lowest BCUT2D eigenvalue weighted by atomic mass is 9.98. The lowest BCUT2D eigenvalue weighted by Crippen LogP contribution is -2.51. The number of hydrogen-bond acceptors (Lipinski definition) is 3. The molecule has 6 nitrogen and oxygen atoms in total. The third-order valence-corrected chi connectivity index (χ3v) is 5.51. The van der Waals surface area contributed by atoms with Gasteiger partial charge in [0.25, 0.3) is 0 Å². The van der Waals surface area contributed by atoms with Crippen LogP contribution in [0.1, 0.15) is 37.1 Å². The smallest absolute Gasteiger partial charge is 0.322 e. The van der Waals surface area contributed by atoms with Gasteiger partial charge in [0.05, 0.1) is 17.4 Å². The summed E-state index contributed by atoms with van der Waals surface area (Å²) < 4.78 is 16.0. The number of nitrogens with zero attached hydrogens (tertiary/aromatic N) is 4. The second kappa shape index (κ2) is 6.30. The zero-order valence-electron chi connectivity index (χ0n) is 15.4. The Morgan fingerprint density at radius 3 is 2.69 bits per heavy atom. The van der Waals surface area contributed by atoms with Gasteiger partial charge in [0.1, 0.15) is 11.5 Å². The van der Waals surface area contributed by atoms with Crippen LogP contribution in [0.4, 0.5) is 20.6 Å². The van der Waals surface area contributed by atoms with Crippen LogP contribution in [-0.2, 0) is 7.05 Å². The van der Waals surface area contributed by atoms with E-state index in [9.17, 15) is 9.18 Å². The van der Waals surface area contributed by atoms with E-state index in [0.29, 0.717) is 5.69 Å². The van der Waals surface area contributed by atoms with Gasteiger partial charge >= 0.3 is 6.03 Å². The van der Waals surface area contributed by atoms with Crippen LogP contribution in [0.2, 0.25) is 0 Å². The van der Waals surface area contributed by atoms with Crippen LogP contribution in [0.5, 0.6) is 0 Å². The molecule has 3 heterocycles. The Bertz CT molecular complexity index is 820. The van der Waals surface area contributed by atoms with Crippen LogP contribution < -0.4 is 10.2 Å². The fourth-order valence-electron chi connectivity index (χ4n) is 4.27. The summed E-state index contributed by atoms with van der Waals surface area (Å²) in [7, 11) is 1.86. The number of piperidine rings is 1. The second-order valence-electron chi connectivity index (χ2n) is 7.24. The van der Waals surface area contributed by atoms with Gasteiger partial charge in [-0.3, -0.25) is 4.68 Å². The van der Waals surface area contributed by atoms with Crippen molar-refractivity contribution in [2.45, 2.75) is 38.8 Å². The van der Waals surface area contributed by atoms with E-state index in [1.54, 1.807) is 10.7 Å². The average molecular weight is 357 g/mol. The molecule has 1 fully saturated rings. The predicted octanol–water partition coefficient (Wildman–Crippen LogP) is 3.45. The maximum Gasteiger partial charge on any atom is 0.322 e. The van der Waals surface area contributed by atoms with Gasteiger partial charge in [-0.25, -0.2) is 9.18 Å². The van der Waals surface area contributed by atoms with E-state index in [4.69, 9.17) is 0 Å². The van der Waals surface area contributed by atoms with E-state index in [-0.39, 0.29) is 23.9 Å². The topological polar surface area (TPSA) is 53.4 Å². The van der Waals surface area contributed by atoms with Gasteiger partial charge in [0, 0.05) is 32.4 Å². The SMILES string of the molecule is Cc1cccc(F)c1N1CCC(N2C(=O)Nc3cn(C)nc3C2C)CC1. The van der Waals surface area contributed by atoms with Crippen molar-refractivity contribution in [1.82, 2.24) is 14.7 Å². The molecule has 0 aliphatic carbocycles. The van der Waals surface area contributed by atoms with Crippen molar-refractivity contribution in [3.05, 3.63) is 41.5 Å². The summed E-state index contributed by atoms with van der Waals surface area (Å²) in [5, 5.41) is 7.45. The Balaban J connectivity index is 1.51. The molecule has 2 amide bonds. The highest BCUT2D eigenvalue weighted by Gasteiger charge is 2.38. The molecule has 1 atom stereocenters. The lowest BCUT2D eigenvalue weighted by molar-refractivity contribution is 0.142. The standard InChI is InChI=1S/C19H24FN5O/c1-12-5-4-6-15(20)18(12)24-9-7-14(8-10-24)25-13(2)17-16(21-19(25)26)11-23(3)22-17/h4-6,11,13-14H,7-10H2,1-3H3,(H,21,26). The summed E-state index contributed by atoms with van der Waals surface area (Å²) in [6, 6.07) is 5.18. The number of urea groups is 1. The minimum Gasteiger partial charge on any atom is -0.369 e. The van der Waals surface area contributed by atoms with E-state index >= 15 is 0 Å². The molecule has 1 aromatic carbocycles. The molecule has 138 valence electrons. The summed E-state index contributed by atoms with van der Waals surface area (Å²) in [6.07, 6.45) is 3.46. The van der Waals surface area contributed by atoms with Crippen molar-refractivity contribution >= 4 is 17.4 Å². The van der Waals surface area contributed by atoms with Crippen molar-refractivity contribution in [2.75, 3.05) is 23.3 Å². The van der Waals surface area contributed by atoms with Crippen LogP contribution >= 0.6 is 0 Å². The highest BCUT2D eigenvalue weighted by molar-refractivity contribution is 5.92. The number of nitrogens with one attached hydrogen (secondary N) is 1. The van der Waals surface area contributed by atoms with Gasteiger partial charge < -0.3 is 15.1 Å². The summed E-state index contributed by atoms with van der Waals surface area (Å²) >= 11 is 0. The van der Waals surface area contributed by atoms with Crippen molar-refractivity contribution in [3.63, 3.8) is 0 Å². The molecule has 0 radical (unpaired) electrons. The zero-order valence-corrected chi connectivity index (χ0v) is 15.4. The molecule has 1 N–H and O–H groups in total. The van der Waals surface area contributed by atoms with Crippen LogP contribution in [0.25, 0.3) is 0 Å². The number of rotatable bonds is 2. The average Bonchev–Trinajstić information content (AvgIpc) is 2.96. The fourth-order valence-corrected chi connectivity index (χ4v) is 4.27. The molecule has 4 rings (SSSR count). The second-order valence-corrected chi connectivity index (χ2v) is 7.24. The Kier molecular flexibility index (Phi) is 4.09. The largest absolute Gasteiger partial charge is 0.369 e. The van der Waals surface area contributed by atoms with Crippen molar-refractivity contribution in [1.29, 1.82) is 0 Å². The Hall–Kier alpha value is -2.57. The first-order valence-corrected chi connectivity index (χ1v) is 9.08. The number of aryl methyl sites for hydroxylation is 2. The fraction of sp³-hybridized carbons (Fsp3) is 0.474. The summed E-state index contributed by atoms with van der Waals surface area (Å²) in [5.41, 5.74) is 3.33. The first-order valence-electron chi connectivity index (χ1n) is 9.08. The van der Waals surface area contributed by atoms with E-state index in [1.807, 2.05) is 38.1 Å². The van der Waals surface area contributed by atoms with E-state index < -0.39 is 0 Å². The van der Waals surface area contributed by atoms with Crippen molar-refractivity contribution < 1.29 is 9.18 Å². The van der Waals surface area contributed by atoms with E-state index in [0.717, 1.165) is 42.9 Å². The Labute approximate surface area is 152 Å². The monoisotopic (exact) mass is 357 g/mol. The number of fused-ring (bicyclic) bond motifs is 1. The molecule has 0 bridgehead atoms. The number of anilines is 2. The number of halogens is 1. The first-order chi connectivity index (χ1) is 12.5. The van der Waals surface area contributed by atoms with Gasteiger partial charge in [0.15, 0.2) is 0 Å². The third kappa shape index (κ3) is 2.71. The van der Waals surface area contributed by atoms with E-state index in [2.05, 4.69) is 15.3 Å². The first kappa shape index (κ1) is 16.9. The number of amides is 2. The maximum atomic E-state index is 14.3. The van der Waals surface area contributed by atoms with Gasteiger partial charge in [0.2, 0.25) is 0 Å². The van der Waals surface area contributed by atoms with Crippen molar-refractivity contribution in [3.8, 4) is 0 Å². The van der Waals surface area contributed by atoms with Gasteiger partial charge in [-0.1, -0.05) is 12.1 Å². The number of para-hydroxylation sites is 1. The highest BCUT2D eigenvalue weighted by Crippen LogP contribution is 2.36. The molecule has 7 heteroatoms. The molecule has 1 aromatic heterocycles. The number of benzene rings is 1. The molecule has 2 aliphatic rings. The quantitative estimate of drug-likeness (QED) is 0.896. The van der Waals surface area contributed by atoms with Crippen LogP contribution in [0.3, 0.4) is 0 Å². The van der Waals surface area contributed by atoms with Crippen LogP contribution in [-0.4, -0.2) is 39.8 Å². The normalized spacial score (nSPS) is 20.9. The lowest BCUT2D eigenvalue weighted by Gasteiger charge is -2.43. The van der Waals surface area contributed by atoms with Gasteiger partial charge in [-0.15, -0.1) is 0 Å². The number of hydrogen-bond donors (Lipinski definition) is 1. The molecular weight excluding hydrogens is 333 g/mol. The number of carbonyl (C=O) groups excluding carboxylic acids is 1. The zero-order chi connectivity index (χ0) is 18.4. The molecule has 0 spiro atoms.